The van der Waals surface area contributed by atoms with Crippen LogP contribution in [0.3, 0.4) is 0 Å². The van der Waals surface area contributed by atoms with E-state index in [2.05, 4.69) is 24.4 Å². The largest absolute Gasteiger partial charge is 0.492 e. The zero-order chi connectivity index (χ0) is 18.1. The van der Waals surface area contributed by atoms with Crippen LogP contribution in [-0.2, 0) is 16.8 Å². The molecule has 4 rings (SSSR count). The van der Waals surface area contributed by atoms with Crippen molar-refractivity contribution in [3.8, 4) is 5.75 Å². The summed E-state index contributed by atoms with van der Waals surface area (Å²) in [5.74, 6) is 1.08. The maximum Gasteiger partial charge on any atom is 0.246 e. The van der Waals surface area contributed by atoms with Gasteiger partial charge in [-0.05, 0) is 54.5 Å². The van der Waals surface area contributed by atoms with Crippen LogP contribution in [0.5, 0.6) is 5.75 Å². The normalized spacial score (nSPS) is 18.3. The molecule has 1 fully saturated rings. The quantitative estimate of drug-likeness (QED) is 0.844. The Kier molecular flexibility index (Phi) is 4.59. The van der Waals surface area contributed by atoms with E-state index in [1.165, 1.54) is 11.1 Å². The molecule has 2 aliphatic heterocycles. The molecule has 0 radical (unpaired) electrons. The van der Waals surface area contributed by atoms with Crippen LogP contribution < -0.4 is 10.5 Å². The van der Waals surface area contributed by atoms with Gasteiger partial charge in [0.1, 0.15) is 5.75 Å². The Morgan fingerprint density at radius 2 is 2.15 bits per heavy atom. The van der Waals surface area contributed by atoms with Crippen molar-refractivity contribution in [2.45, 2.75) is 31.7 Å². The molecular weight excluding hydrogens is 344 g/mol. The van der Waals surface area contributed by atoms with Gasteiger partial charge in [-0.2, -0.15) is 0 Å². The van der Waals surface area contributed by atoms with Crippen molar-refractivity contribution in [1.82, 2.24) is 4.90 Å². The Morgan fingerprint density at radius 1 is 1.35 bits per heavy atom. The number of hydrogen-bond donors (Lipinski definition) is 1. The highest BCUT2D eigenvalue weighted by molar-refractivity contribution is 7.11. The molecule has 136 valence electrons. The first-order valence-corrected chi connectivity index (χ1v) is 9.97. The van der Waals surface area contributed by atoms with Gasteiger partial charge in [-0.25, -0.2) is 0 Å². The van der Waals surface area contributed by atoms with Gasteiger partial charge in [0.05, 0.1) is 6.61 Å². The van der Waals surface area contributed by atoms with E-state index >= 15 is 0 Å². The molecule has 5 heteroatoms. The fourth-order valence-corrected chi connectivity index (χ4v) is 4.73. The lowest BCUT2D eigenvalue weighted by molar-refractivity contribution is -0.127. The van der Waals surface area contributed by atoms with E-state index in [0.29, 0.717) is 13.2 Å². The zero-order valence-corrected chi connectivity index (χ0v) is 15.8. The second-order valence-corrected chi connectivity index (χ2v) is 8.18. The topological polar surface area (TPSA) is 55.6 Å². The standard InChI is InChI=1S/C21H24N2O2S/c1-15-6-11-26-19(15)4-5-20(24)23-9-7-21(8-10-23)14-25-18-3-2-16(13-22)12-17(18)21/h2-6,11-12H,7-10,13-14,22H2,1H3. The maximum absolute atomic E-state index is 12.5. The Morgan fingerprint density at radius 3 is 2.85 bits per heavy atom. The highest BCUT2D eigenvalue weighted by Gasteiger charge is 2.43. The van der Waals surface area contributed by atoms with Crippen LogP contribution in [0.4, 0.5) is 0 Å². The van der Waals surface area contributed by atoms with Gasteiger partial charge in [0.2, 0.25) is 5.91 Å². The number of amides is 1. The molecule has 26 heavy (non-hydrogen) atoms. The summed E-state index contributed by atoms with van der Waals surface area (Å²) in [4.78, 5) is 15.7. The van der Waals surface area contributed by atoms with Crippen LogP contribution in [0, 0.1) is 6.92 Å². The number of benzene rings is 1. The van der Waals surface area contributed by atoms with Crippen LogP contribution in [0.1, 0.15) is 34.4 Å². The molecule has 1 amide bonds. The van der Waals surface area contributed by atoms with Crippen LogP contribution >= 0.6 is 11.3 Å². The summed E-state index contributed by atoms with van der Waals surface area (Å²) >= 11 is 1.66. The lowest BCUT2D eigenvalue weighted by atomic mass is 9.74. The maximum atomic E-state index is 12.5. The van der Waals surface area contributed by atoms with Gasteiger partial charge in [0.15, 0.2) is 0 Å². The number of likely N-dealkylation sites (tertiary alicyclic amines) is 1. The van der Waals surface area contributed by atoms with Crippen molar-refractivity contribution in [2.24, 2.45) is 5.73 Å². The molecule has 0 aliphatic carbocycles. The lowest BCUT2D eigenvalue weighted by Crippen LogP contribution is -2.45. The van der Waals surface area contributed by atoms with Gasteiger partial charge in [-0.3, -0.25) is 4.79 Å². The molecule has 2 aliphatic rings. The molecule has 1 aromatic heterocycles. The number of hydrogen-bond acceptors (Lipinski definition) is 4. The third-order valence-corrected chi connectivity index (χ3v) is 6.65. The van der Waals surface area contributed by atoms with Crippen molar-refractivity contribution in [3.05, 3.63) is 57.3 Å². The number of nitrogens with two attached hydrogens (primary N) is 1. The average Bonchev–Trinajstić information content (AvgIpc) is 3.24. The third kappa shape index (κ3) is 3.06. The van der Waals surface area contributed by atoms with E-state index in [9.17, 15) is 4.79 Å². The molecule has 1 saturated heterocycles. The first-order chi connectivity index (χ1) is 12.6. The lowest BCUT2D eigenvalue weighted by Gasteiger charge is -2.38. The van der Waals surface area contributed by atoms with E-state index in [1.807, 2.05) is 23.1 Å². The van der Waals surface area contributed by atoms with Gasteiger partial charge in [0.25, 0.3) is 0 Å². The molecular formula is C21H24N2O2S. The van der Waals surface area contributed by atoms with Crippen molar-refractivity contribution >= 4 is 23.3 Å². The summed E-state index contributed by atoms with van der Waals surface area (Å²) < 4.78 is 5.94. The van der Waals surface area contributed by atoms with E-state index in [0.717, 1.165) is 42.1 Å². The second kappa shape index (κ2) is 6.89. The minimum absolute atomic E-state index is 0.0331. The van der Waals surface area contributed by atoms with Crippen LogP contribution in [0.15, 0.2) is 35.7 Å². The summed E-state index contributed by atoms with van der Waals surface area (Å²) in [5, 5.41) is 2.05. The highest BCUT2D eigenvalue weighted by Crippen LogP contribution is 2.45. The van der Waals surface area contributed by atoms with E-state index in [-0.39, 0.29) is 11.3 Å². The summed E-state index contributed by atoms with van der Waals surface area (Å²) in [6.07, 6.45) is 5.52. The SMILES string of the molecule is Cc1ccsc1C=CC(=O)N1CCC2(CC1)COc1ccc(CN)cc12. The molecule has 3 heterocycles. The third-order valence-electron chi connectivity index (χ3n) is 5.67. The Bertz CT molecular complexity index is 847. The van der Waals surface area contributed by atoms with Gasteiger partial charge >= 0.3 is 0 Å². The molecule has 1 spiro atoms. The van der Waals surface area contributed by atoms with Gasteiger partial charge < -0.3 is 15.4 Å². The summed E-state index contributed by atoms with van der Waals surface area (Å²) in [5.41, 5.74) is 9.47. The zero-order valence-electron chi connectivity index (χ0n) is 15.0. The molecule has 1 aromatic carbocycles. The predicted molar refractivity (Wildman–Crippen MR) is 105 cm³/mol. The minimum atomic E-state index is 0.0331. The number of piperidine rings is 1. The second-order valence-electron chi connectivity index (χ2n) is 7.23. The number of carbonyl (C=O) groups excluding carboxylic acids is 1. The smallest absolute Gasteiger partial charge is 0.246 e. The highest BCUT2D eigenvalue weighted by atomic mass is 32.1. The van der Waals surface area contributed by atoms with Gasteiger partial charge in [-0.15, -0.1) is 11.3 Å². The van der Waals surface area contributed by atoms with Crippen molar-refractivity contribution in [1.29, 1.82) is 0 Å². The van der Waals surface area contributed by atoms with Crippen LogP contribution in [0.2, 0.25) is 0 Å². The van der Waals surface area contributed by atoms with Crippen molar-refractivity contribution in [2.75, 3.05) is 19.7 Å². The van der Waals surface area contributed by atoms with Crippen molar-refractivity contribution < 1.29 is 9.53 Å². The molecule has 0 saturated carbocycles. The predicted octanol–water partition coefficient (Wildman–Crippen LogP) is 3.48. The number of carbonyl (C=O) groups is 1. The number of ether oxygens (including phenoxy) is 1. The number of fused-ring (bicyclic) bond motifs is 2. The van der Waals surface area contributed by atoms with Crippen LogP contribution in [-0.4, -0.2) is 30.5 Å². The van der Waals surface area contributed by atoms with E-state index < -0.39 is 0 Å². The fourth-order valence-electron chi connectivity index (χ4n) is 3.91. The first kappa shape index (κ1) is 17.3. The summed E-state index contributed by atoms with van der Waals surface area (Å²) in [6.45, 7) is 4.85. The number of aryl methyl sites for hydroxylation is 1. The van der Waals surface area contributed by atoms with Gasteiger partial charge in [-0.1, -0.05) is 12.1 Å². The number of nitrogens with zero attached hydrogens (tertiary/aromatic N) is 1. The molecule has 0 unspecified atom stereocenters. The fraction of sp³-hybridized carbons (Fsp3) is 0.381. The first-order valence-electron chi connectivity index (χ1n) is 9.09. The Hall–Kier alpha value is -2.11. The molecule has 4 nitrogen and oxygen atoms in total. The molecule has 0 atom stereocenters. The average molecular weight is 369 g/mol. The Balaban J connectivity index is 1.44. The minimum Gasteiger partial charge on any atom is -0.492 e. The number of thiophene rings is 1. The summed E-state index contributed by atoms with van der Waals surface area (Å²) in [6, 6.07) is 8.34. The molecule has 0 bridgehead atoms. The Labute approximate surface area is 158 Å². The summed E-state index contributed by atoms with van der Waals surface area (Å²) in [7, 11) is 0. The molecule has 2 N–H and O–H groups in total. The molecule has 2 aromatic rings. The van der Waals surface area contributed by atoms with E-state index in [1.54, 1.807) is 17.4 Å². The monoisotopic (exact) mass is 368 g/mol. The van der Waals surface area contributed by atoms with Crippen LogP contribution in [0.25, 0.3) is 6.08 Å². The van der Waals surface area contributed by atoms with Gasteiger partial charge in [0, 0.05) is 41.6 Å². The van der Waals surface area contributed by atoms with E-state index in [4.69, 9.17) is 10.5 Å². The van der Waals surface area contributed by atoms with Crippen molar-refractivity contribution in [3.63, 3.8) is 0 Å². The number of rotatable bonds is 3.